The first kappa shape index (κ1) is 43.9. The fourth-order valence-corrected chi connectivity index (χ4v) is 5.57. The number of hydrogen-bond donors (Lipinski definition) is 1. The minimum atomic E-state index is -0.728. The summed E-state index contributed by atoms with van der Waals surface area (Å²) in [5.74, 6) is -0.813. The highest BCUT2D eigenvalue weighted by Crippen LogP contribution is 2.15. The van der Waals surface area contributed by atoms with Crippen molar-refractivity contribution in [2.75, 3.05) is 0 Å². The molecule has 46 heavy (non-hydrogen) atoms. The number of carbonyl (C=O) groups excluding carboxylic acids is 1. The Morgan fingerprint density at radius 1 is 0.500 bits per heavy atom. The van der Waals surface area contributed by atoms with Gasteiger partial charge in [0.15, 0.2) is 0 Å². The second kappa shape index (κ2) is 37.4. The molecule has 0 rings (SSSR count). The summed E-state index contributed by atoms with van der Waals surface area (Å²) in [6.07, 6.45) is 50.1. The highest BCUT2D eigenvalue weighted by molar-refractivity contribution is 5.69. The van der Waals surface area contributed by atoms with E-state index in [0.29, 0.717) is 12.8 Å². The molecule has 0 saturated carbocycles. The monoisotopic (exact) mass is 643 g/mol. The Bertz CT molecular complexity index is 779. The number of ether oxygens (including phenoxy) is 1. The first-order valence-corrected chi connectivity index (χ1v) is 19.6. The molecular weight excluding hydrogens is 568 g/mol. The van der Waals surface area contributed by atoms with Gasteiger partial charge in [-0.15, -0.1) is 0 Å². The number of carbonyl (C=O) groups is 2. The zero-order valence-electron chi connectivity index (χ0n) is 30.4. The number of esters is 1. The van der Waals surface area contributed by atoms with Gasteiger partial charge in [-0.05, 0) is 83.1 Å². The fourth-order valence-electron chi connectivity index (χ4n) is 5.57. The van der Waals surface area contributed by atoms with Crippen LogP contribution in [-0.4, -0.2) is 23.1 Å². The Labute approximate surface area is 285 Å². The van der Waals surface area contributed by atoms with E-state index in [2.05, 4.69) is 62.5 Å². The Morgan fingerprint density at radius 3 is 1.46 bits per heavy atom. The van der Waals surface area contributed by atoms with Crippen molar-refractivity contribution in [3.8, 4) is 0 Å². The van der Waals surface area contributed by atoms with Crippen LogP contribution in [0.15, 0.2) is 48.6 Å². The largest absolute Gasteiger partial charge is 0.481 e. The average molecular weight is 643 g/mol. The molecule has 1 N–H and O–H groups in total. The van der Waals surface area contributed by atoms with Crippen molar-refractivity contribution in [2.45, 2.75) is 206 Å². The van der Waals surface area contributed by atoms with Crippen LogP contribution >= 0.6 is 0 Å². The fraction of sp³-hybridized carbons (Fsp3) is 0.762. The van der Waals surface area contributed by atoms with Gasteiger partial charge in [-0.2, -0.15) is 0 Å². The molecular formula is C42H74O4. The molecule has 0 spiro atoms. The van der Waals surface area contributed by atoms with Crippen molar-refractivity contribution >= 4 is 11.9 Å². The number of hydrogen-bond acceptors (Lipinski definition) is 3. The summed E-state index contributed by atoms with van der Waals surface area (Å²) >= 11 is 0. The second-order valence-corrected chi connectivity index (χ2v) is 13.1. The predicted octanol–water partition coefficient (Wildman–Crippen LogP) is 13.6. The van der Waals surface area contributed by atoms with Crippen LogP contribution in [0.4, 0.5) is 0 Å². The zero-order chi connectivity index (χ0) is 33.6. The summed E-state index contributed by atoms with van der Waals surface area (Å²) in [4.78, 5) is 23.3. The Morgan fingerprint density at radius 2 is 0.913 bits per heavy atom. The van der Waals surface area contributed by atoms with Gasteiger partial charge in [-0.3, -0.25) is 9.59 Å². The maximum Gasteiger partial charge on any atom is 0.306 e. The first-order valence-electron chi connectivity index (χ1n) is 19.6. The lowest BCUT2D eigenvalue weighted by Crippen LogP contribution is -2.16. The molecule has 0 heterocycles. The molecule has 0 aromatic carbocycles. The van der Waals surface area contributed by atoms with E-state index in [1.165, 1.54) is 109 Å². The molecule has 0 aromatic heterocycles. The number of rotatable bonds is 35. The molecule has 1 unspecified atom stereocenters. The highest BCUT2D eigenvalue weighted by atomic mass is 16.5. The minimum absolute atomic E-state index is 0.0847. The molecule has 0 aromatic rings. The van der Waals surface area contributed by atoms with Crippen molar-refractivity contribution in [1.82, 2.24) is 0 Å². The van der Waals surface area contributed by atoms with Gasteiger partial charge in [0, 0.05) is 12.8 Å². The summed E-state index contributed by atoms with van der Waals surface area (Å²) in [6.45, 7) is 4.49. The van der Waals surface area contributed by atoms with Gasteiger partial charge in [0.2, 0.25) is 0 Å². The quantitative estimate of drug-likeness (QED) is 0.0424. The van der Waals surface area contributed by atoms with Crippen molar-refractivity contribution in [1.29, 1.82) is 0 Å². The second-order valence-electron chi connectivity index (χ2n) is 13.1. The topological polar surface area (TPSA) is 63.6 Å². The number of carboxylic acid groups (broad SMARTS) is 1. The molecule has 266 valence electrons. The lowest BCUT2D eigenvalue weighted by Gasteiger charge is -2.14. The number of carboxylic acids is 1. The van der Waals surface area contributed by atoms with Gasteiger partial charge >= 0.3 is 11.9 Å². The van der Waals surface area contributed by atoms with Gasteiger partial charge < -0.3 is 9.84 Å². The van der Waals surface area contributed by atoms with E-state index < -0.39 is 5.97 Å². The van der Waals surface area contributed by atoms with Crippen LogP contribution in [0.1, 0.15) is 200 Å². The van der Waals surface area contributed by atoms with Crippen LogP contribution in [0, 0.1) is 0 Å². The van der Waals surface area contributed by atoms with Crippen LogP contribution in [0.2, 0.25) is 0 Å². The molecule has 0 radical (unpaired) electrons. The molecule has 4 nitrogen and oxygen atoms in total. The van der Waals surface area contributed by atoms with Crippen molar-refractivity contribution in [2.24, 2.45) is 0 Å². The maximum absolute atomic E-state index is 12.6. The third-order valence-electron chi connectivity index (χ3n) is 8.51. The molecule has 0 aliphatic heterocycles. The molecule has 4 heteroatoms. The molecule has 0 aliphatic carbocycles. The van der Waals surface area contributed by atoms with Gasteiger partial charge in [0.05, 0.1) is 0 Å². The normalized spacial score (nSPS) is 12.7. The SMILES string of the molecule is CCCCC/C=C\C/C=C\C(CCCCCCC(=O)O)OC(=O)CCCCCCCCCCC/C=C\C/C=C\CCCCCCC. The van der Waals surface area contributed by atoms with E-state index in [1.54, 1.807) is 0 Å². The van der Waals surface area contributed by atoms with Gasteiger partial charge in [-0.1, -0.05) is 153 Å². The summed E-state index contributed by atoms with van der Waals surface area (Å²) in [5.41, 5.74) is 0. The van der Waals surface area contributed by atoms with Crippen molar-refractivity contribution in [3.05, 3.63) is 48.6 Å². The Hall–Kier alpha value is -2.10. The van der Waals surface area contributed by atoms with Crippen LogP contribution in [0.25, 0.3) is 0 Å². The highest BCUT2D eigenvalue weighted by Gasteiger charge is 2.11. The van der Waals surface area contributed by atoms with E-state index in [4.69, 9.17) is 9.84 Å². The van der Waals surface area contributed by atoms with Crippen LogP contribution < -0.4 is 0 Å². The smallest absolute Gasteiger partial charge is 0.306 e. The van der Waals surface area contributed by atoms with E-state index in [-0.39, 0.29) is 18.5 Å². The zero-order valence-corrected chi connectivity index (χ0v) is 30.4. The molecule has 1 atom stereocenters. The van der Waals surface area contributed by atoms with Crippen LogP contribution in [0.3, 0.4) is 0 Å². The summed E-state index contributed by atoms with van der Waals surface area (Å²) in [5, 5.41) is 8.82. The van der Waals surface area contributed by atoms with Crippen molar-refractivity contribution < 1.29 is 19.4 Å². The number of allylic oxidation sites excluding steroid dienone is 7. The van der Waals surface area contributed by atoms with E-state index >= 15 is 0 Å². The summed E-state index contributed by atoms with van der Waals surface area (Å²) < 4.78 is 5.85. The molecule has 0 saturated heterocycles. The first-order chi connectivity index (χ1) is 22.6. The van der Waals surface area contributed by atoms with Crippen molar-refractivity contribution in [3.63, 3.8) is 0 Å². The molecule has 0 bridgehead atoms. The molecule has 0 aliphatic rings. The standard InChI is InChI=1S/C42H74O4/c1-3-5-7-9-11-13-14-15-16-17-18-19-20-21-22-23-24-25-27-29-35-39-42(45)46-40(37-33-30-31-34-38-41(43)44)36-32-28-26-12-10-8-6-4-2/h12,14-15,17-18,26,32,36,40H,3-11,13,16,19-25,27-31,33-35,37-39H2,1-2H3,(H,43,44)/b15-14-,18-17-,26-12-,36-32-. The third kappa shape index (κ3) is 36.4. The lowest BCUT2D eigenvalue weighted by molar-refractivity contribution is -0.147. The van der Waals surface area contributed by atoms with Crippen LogP contribution in [0.5, 0.6) is 0 Å². The maximum atomic E-state index is 12.6. The van der Waals surface area contributed by atoms with Gasteiger partial charge in [0.25, 0.3) is 0 Å². The third-order valence-corrected chi connectivity index (χ3v) is 8.51. The summed E-state index contributed by atoms with van der Waals surface area (Å²) in [7, 11) is 0. The average Bonchev–Trinajstić information content (AvgIpc) is 3.04. The van der Waals surface area contributed by atoms with E-state index in [0.717, 1.165) is 57.8 Å². The number of aliphatic carboxylic acids is 1. The summed E-state index contributed by atoms with van der Waals surface area (Å²) in [6, 6.07) is 0. The lowest BCUT2D eigenvalue weighted by atomic mass is 10.1. The van der Waals surface area contributed by atoms with E-state index in [9.17, 15) is 9.59 Å². The van der Waals surface area contributed by atoms with Gasteiger partial charge in [-0.25, -0.2) is 0 Å². The van der Waals surface area contributed by atoms with Gasteiger partial charge in [0.1, 0.15) is 6.10 Å². The molecule has 0 amide bonds. The minimum Gasteiger partial charge on any atom is -0.481 e. The Balaban J connectivity index is 3.91. The predicted molar refractivity (Wildman–Crippen MR) is 199 cm³/mol. The molecule has 0 fully saturated rings. The number of unbranched alkanes of at least 4 members (excludes halogenated alkanes) is 20. The van der Waals surface area contributed by atoms with E-state index in [1.807, 2.05) is 0 Å². The Kier molecular flexibility index (Phi) is 35.7. The van der Waals surface area contributed by atoms with Crippen LogP contribution in [-0.2, 0) is 14.3 Å².